The Hall–Kier alpha value is -1.44. The van der Waals surface area contributed by atoms with Crippen molar-refractivity contribution in [3.8, 4) is 0 Å². The average molecular weight is 273 g/mol. The van der Waals surface area contributed by atoms with Crippen molar-refractivity contribution in [3.63, 3.8) is 0 Å². The van der Waals surface area contributed by atoms with Crippen molar-refractivity contribution in [1.29, 1.82) is 0 Å². The van der Waals surface area contributed by atoms with Crippen molar-refractivity contribution in [3.05, 3.63) is 11.7 Å². The number of sulfone groups is 1. The lowest BCUT2D eigenvalue weighted by atomic mass is 10.2. The zero-order valence-electron chi connectivity index (χ0n) is 10.3. The number of carbonyl (C=O) groups is 1. The fourth-order valence-corrected chi connectivity index (χ4v) is 3.72. The van der Waals surface area contributed by atoms with Crippen LogP contribution in [0.2, 0.25) is 0 Å². The standard InChI is InChI=1S/C10H15N3O4S/c1-7-11-9(17-12-7)5-10(14)13(2)8-3-4-18(15,16)6-8/h8H,3-6H2,1-2H3. The number of aryl methyl sites for hydroxylation is 1. The number of rotatable bonds is 3. The Morgan fingerprint density at radius 2 is 2.28 bits per heavy atom. The molecule has 18 heavy (non-hydrogen) atoms. The highest BCUT2D eigenvalue weighted by Crippen LogP contribution is 2.17. The van der Waals surface area contributed by atoms with Crippen molar-refractivity contribution >= 4 is 15.7 Å². The van der Waals surface area contributed by atoms with Gasteiger partial charge in [0.15, 0.2) is 15.7 Å². The summed E-state index contributed by atoms with van der Waals surface area (Å²) >= 11 is 0. The van der Waals surface area contributed by atoms with E-state index in [-0.39, 0.29) is 35.8 Å². The molecule has 0 radical (unpaired) electrons. The normalized spacial score (nSPS) is 22.0. The molecule has 7 nitrogen and oxygen atoms in total. The summed E-state index contributed by atoms with van der Waals surface area (Å²) in [7, 11) is -1.38. The first kappa shape index (κ1) is 13.0. The molecule has 0 bridgehead atoms. The summed E-state index contributed by atoms with van der Waals surface area (Å²) in [6, 6.07) is -0.244. The van der Waals surface area contributed by atoms with Gasteiger partial charge in [0.25, 0.3) is 0 Å². The van der Waals surface area contributed by atoms with Crippen LogP contribution in [0.25, 0.3) is 0 Å². The molecule has 1 aliphatic heterocycles. The van der Waals surface area contributed by atoms with Crippen molar-refractivity contribution in [2.75, 3.05) is 18.6 Å². The van der Waals surface area contributed by atoms with Gasteiger partial charge in [-0.2, -0.15) is 4.98 Å². The minimum absolute atomic E-state index is 0.00783. The molecule has 0 aromatic carbocycles. The fraction of sp³-hybridized carbons (Fsp3) is 0.700. The van der Waals surface area contributed by atoms with Gasteiger partial charge in [-0.05, 0) is 13.3 Å². The van der Waals surface area contributed by atoms with Crippen LogP contribution in [0.1, 0.15) is 18.1 Å². The Kier molecular flexibility index (Phi) is 3.38. The Morgan fingerprint density at radius 3 is 2.78 bits per heavy atom. The monoisotopic (exact) mass is 273 g/mol. The second kappa shape index (κ2) is 4.68. The molecular weight excluding hydrogens is 258 g/mol. The van der Waals surface area contributed by atoms with Crippen molar-refractivity contribution in [1.82, 2.24) is 15.0 Å². The highest BCUT2D eigenvalue weighted by molar-refractivity contribution is 7.91. The molecule has 0 N–H and O–H groups in total. The molecule has 1 atom stereocenters. The van der Waals surface area contributed by atoms with Gasteiger partial charge in [0.1, 0.15) is 6.42 Å². The summed E-state index contributed by atoms with van der Waals surface area (Å²) in [5, 5.41) is 3.60. The Bertz CT molecular complexity index is 551. The van der Waals surface area contributed by atoms with Gasteiger partial charge in [-0.25, -0.2) is 8.42 Å². The Labute approximate surface area is 105 Å². The molecule has 1 aliphatic rings. The Morgan fingerprint density at radius 1 is 1.56 bits per heavy atom. The van der Waals surface area contributed by atoms with Crippen LogP contribution in [-0.2, 0) is 21.1 Å². The van der Waals surface area contributed by atoms with Crippen LogP contribution in [0.15, 0.2) is 4.52 Å². The van der Waals surface area contributed by atoms with Gasteiger partial charge in [0.05, 0.1) is 11.5 Å². The molecular formula is C10H15N3O4S. The van der Waals surface area contributed by atoms with Crippen LogP contribution in [0, 0.1) is 6.92 Å². The lowest BCUT2D eigenvalue weighted by molar-refractivity contribution is -0.131. The van der Waals surface area contributed by atoms with Crippen LogP contribution < -0.4 is 0 Å². The van der Waals surface area contributed by atoms with Crippen LogP contribution in [0.5, 0.6) is 0 Å². The lowest BCUT2D eigenvalue weighted by Crippen LogP contribution is -2.38. The van der Waals surface area contributed by atoms with Gasteiger partial charge in [0, 0.05) is 13.1 Å². The third kappa shape index (κ3) is 2.87. The molecule has 1 aromatic heterocycles. The average Bonchev–Trinajstić information content (AvgIpc) is 2.83. The summed E-state index contributed by atoms with van der Waals surface area (Å²) < 4.78 is 27.6. The third-order valence-corrected chi connectivity index (χ3v) is 4.77. The minimum atomic E-state index is -2.99. The lowest BCUT2D eigenvalue weighted by Gasteiger charge is -2.22. The van der Waals surface area contributed by atoms with E-state index in [2.05, 4.69) is 10.1 Å². The molecule has 2 heterocycles. The number of aromatic nitrogens is 2. The quantitative estimate of drug-likeness (QED) is 0.741. The molecule has 2 rings (SSSR count). The zero-order valence-corrected chi connectivity index (χ0v) is 11.1. The second-order valence-corrected chi connectivity index (χ2v) is 6.70. The van der Waals surface area contributed by atoms with Crippen LogP contribution in [-0.4, -0.2) is 54.0 Å². The van der Waals surface area contributed by atoms with E-state index in [4.69, 9.17) is 4.52 Å². The first-order valence-electron chi connectivity index (χ1n) is 5.62. The van der Waals surface area contributed by atoms with E-state index in [0.717, 1.165) is 0 Å². The summed E-state index contributed by atoms with van der Waals surface area (Å²) in [5.74, 6) is 0.711. The van der Waals surface area contributed by atoms with Gasteiger partial charge in [-0.15, -0.1) is 0 Å². The first-order valence-corrected chi connectivity index (χ1v) is 7.45. The van der Waals surface area contributed by atoms with Gasteiger partial charge >= 0.3 is 0 Å². The summed E-state index contributed by atoms with van der Waals surface area (Å²) in [6.07, 6.45) is 0.501. The van der Waals surface area contributed by atoms with Gasteiger partial charge < -0.3 is 9.42 Å². The number of likely N-dealkylation sites (N-methyl/N-ethyl adjacent to an activating group) is 1. The Balaban J connectivity index is 1.97. The van der Waals surface area contributed by atoms with Gasteiger partial charge in [-0.3, -0.25) is 4.79 Å². The van der Waals surface area contributed by atoms with Gasteiger partial charge in [0.2, 0.25) is 11.8 Å². The fourth-order valence-electron chi connectivity index (χ4n) is 1.95. The van der Waals surface area contributed by atoms with E-state index in [1.54, 1.807) is 14.0 Å². The molecule has 1 amide bonds. The van der Waals surface area contributed by atoms with E-state index in [0.29, 0.717) is 12.2 Å². The molecule has 0 aliphatic carbocycles. The maximum atomic E-state index is 11.9. The molecule has 8 heteroatoms. The van der Waals surface area contributed by atoms with Crippen LogP contribution in [0.4, 0.5) is 0 Å². The topological polar surface area (TPSA) is 93.4 Å². The van der Waals surface area contributed by atoms with Gasteiger partial charge in [-0.1, -0.05) is 5.16 Å². The third-order valence-electron chi connectivity index (χ3n) is 3.02. The summed E-state index contributed by atoms with van der Waals surface area (Å²) in [6.45, 7) is 1.67. The maximum absolute atomic E-state index is 11.9. The number of amides is 1. The van der Waals surface area contributed by atoms with E-state index in [9.17, 15) is 13.2 Å². The number of hydrogen-bond donors (Lipinski definition) is 0. The van der Waals surface area contributed by atoms with Crippen molar-refractivity contribution < 1.29 is 17.7 Å². The predicted octanol–water partition coefficient (Wildman–Crippen LogP) is -0.434. The second-order valence-electron chi connectivity index (χ2n) is 4.47. The molecule has 1 saturated heterocycles. The molecule has 0 spiro atoms. The molecule has 1 aromatic rings. The first-order chi connectivity index (χ1) is 8.37. The van der Waals surface area contributed by atoms with Crippen molar-refractivity contribution in [2.45, 2.75) is 25.8 Å². The van der Waals surface area contributed by atoms with Crippen LogP contribution >= 0.6 is 0 Å². The minimum Gasteiger partial charge on any atom is -0.341 e. The number of nitrogens with zero attached hydrogens (tertiary/aromatic N) is 3. The smallest absolute Gasteiger partial charge is 0.236 e. The number of hydrogen-bond acceptors (Lipinski definition) is 6. The summed E-state index contributed by atoms with van der Waals surface area (Å²) in [4.78, 5) is 17.3. The molecule has 1 unspecified atom stereocenters. The van der Waals surface area contributed by atoms with E-state index in [1.165, 1.54) is 4.90 Å². The van der Waals surface area contributed by atoms with E-state index in [1.807, 2.05) is 0 Å². The molecule has 100 valence electrons. The SMILES string of the molecule is Cc1noc(CC(=O)N(C)C2CCS(=O)(=O)C2)n1. The molecule has 1 fully saturated rings. The number of carbonyl (C=O) groups excluding carboxylic acids is 1. The van der Waals surface area contributed by atoms with Crippen LogP contribution in [0.3, 0.4) is 0 Å². The van der Waals surface area contributed by atoms with Crippen molar-refractivity contribution in [2.24, 2.45) is 0 Å². The highest BCUT2D eigenvalue weighted by atomic mass is 32.2. The highest BCUT2D eigenvalue weighted by Gasteiger charge is 2.33. The maximum Gasteiger partial charge on any atom is 0.236 e. The molecule has 0 saturated carbocycles. The van der Waals surface area contributed by atoms with E-state index >= 15 is 0 Å². The summed E-state index contributed by atoms with van der Waals surface area (Å²) in [5.41, 5.74) is 0. The predicted molar refractivity (Wildman–Crippen MR) is 62.6 cm³/mol. The zero-order chi connectivity index (χ0) is 13.3. The largest absolute Gasteiger partial charge is 0.341 e. The van der Waals surface area contributed by atoms with E-state index < -0.39 is 9.84 Å².